The zero-order valence-electron chi connectivity index (χ0n) is 43.0. The van der Waals surface area contributed by atoms with E-state index in [-0.39, 0.29) is 5.92 Å². The molecule has 0 saturated heterocycles. The third-order valence-corrected chi connectivity index (χ3v) is 15.9. The van der Waals surface area contributed by atoms with Crippen molar-refractivity contribution in [1.82, 2.24) is 0 Å². The van der Waals surface area contributed by atoms with Crippen molar-refractivity contribution in [3.05, 3.63) is 354 Å². The average molecular weight is 984 g/mol. The Morgan fingerprint density at radius 3 is 1.30 bits per heavy atom. The van der Waals surface area contributed by atoms with E-state index in [1.165, 1.54) is 94.6 Å². The molecule has 77 heavy (non-hydrogen) atoms. The van der Waals surface area contributed by atoms with Crippen LogP contribution in [0.15, 0.2) is 315 Å². The van der Waals surface area contributed by atoms with Crippen LogP contribution in [0.3, 0.4) is 0 Å². The van der Waals surface area contributed by atoms with E-state index < -0.39 is 5.41 Å². The molecule has 1 heteroatoms. The van der Waals surface area contributed by atoms with Gasteiger partial charge in [0.25, 0.3) is 0 Å². The van der Waals surface area contributed by atoms with E-state index in [1.807, 2.05) is 0 Å². The van der Waals surface area contributed by atoms with E-state index in [4.69, 9.17) is 0 Å². The van der Waals surface area contributed by atoms with E-state index in [9.17, 15) is 0 Å². The predicted octanol–water partition coefficient (Wildman–Crippen LogP) is 19.8. The Morgan fingerprint density at radius 2 is 0.727 bits per heavy atom. The Balaban J connectivity index is 0.983. The largest absolute Gasteiger partial charge is 0.310 e. The number of benzene rings is 12. The van der Waals surface area contributed by atoms with Crippen molar-refractivity contribution in [3.63, 3.8) is 0 Å². The van der Waals surface area contributed by atoms with Gasteiger partial charge < -0.3 is 4.90 Å². The van der Waals surface area contributed by atoms with Crippen LogP contribution in [0.5, 0.6) is 0 Å². The topological polar surface area (TPSA) is 3.24 Å². The maximum absolute atomic E-state index is 2.56. The van der Waals surface area contributed by atoms with Gasteiger partial charge in [-0.05, 0) is 138 Å². The van der Waals surface area contributed by atoms with Gasteiger partial charge in [0.05, 0.1) is 11.1 Å². The Labute approximate surface area is 453 Å². The van der Waals surface area contributed by atoms with Crippen LogP contribution in [0, 0.1) is 0 Å². The van der Waals surface area contributed by atoms with Crippen LogP contribution in [-0.4, -0.2) is 0 Å². The smallest absolute Gasteiger partial charge is 0.0714 e. The highest BCUT2D eigenvalue weighted by Gasteiger charge is 2.47. The van der Waals surface area contributed by atoms with Crippen LogP contribution in [-0.2, 0) is 18.3 Å². The predicted molar refractivity (Wildman–Crippen MR) is 323 cm³/mol. The molecule has 0 amide bonds. The number of fused-ring (bicyclic) bond motifs is 3. The molecule has 0 N–H and O–H groups in total. The number of anilines is 3. The summed E-state index contributed by atoms with van der Waals surface area (Å²) >= 11 is 0. The number of rotatable bonds is 14. The lowest BCUT2D eigenvalue weighted by Gasteiger charge is -2.35. The fourth-order valence-corrected chi connectivity index (χ4v) is 12.2. The third kappa shape index (κ3) is 9.07. The standard InChI is InChI=1S/C76H57N/c1-6-22-56(23-7-1)59-42-40-55(41-43-59)52-65(53-64-30-16-17-35-70(64)62-28-12-4-13-29-62)63-31-20-34-67(54-63)76(66-32-14-5-15-33-66)72-37-19-18-36-71(72)75-73(76)38-21-39-74(75)77(68-48-44-60(45-49-68)57-24-8-2-9-25-57)69-50-46-61(47-51-69)58-26-10-3-11-27-58/h1-51,54,65H,52-53H2. The summed E-state index contributed by atoms with van der Waals surface area (Å²) in [4.78, 5) is 2.47. The van der Waals surface area contributed by atoms with Gasteiger partial charge in [0.15, 0.2) is 0 Å². The Kier molecular flexibility index (Phi) is 12.9. The van der Waals surface area contributed by atoms with E-state index in [2.05, 4.69) is 320 Å². The molecule has 1 aliphatic rings. The molecule has 1 nitrogen and oxygen atoms in total. The highest BCUT2D eigenvalue weighted by molar-refractivity contribution is 5.97. The summed E-state index contributed by atoms with van der Waals surface area (Å²) in [5.41, 5.74) is 24.0. The summed E-state index contributed by atoms with van der Waals surface area (Å²) in [6, 6.07) is 116. The molecule has 0 fully saturated rings. The molecule has 0 saturated carbocycles. The van der Waals surface area contributed by atoms with Crippen molar-refractivity contribution in [3.8, 4) is 55.6 Å². The van der Waals surface area contributed by atoms with Gasteiger partial charge in [-0.1, -0.05) is 285 Å². The maximum Gasteiger partial charge on any atom is 0.0714 e. The van der Waals surface area contributed by atoms with Crippen molar-refractivity contribution in [1.29, 1.82) is 0 Å². The van der Waals surface area contributed by atoms with Crippen molar-refractivity contribution >= 4 is 17.1 Å². The summed E-state index contributed by atoms with van der Waals surface area (Å²) in [5, 5.41) is 0. The summed E-state index contributed by atoms with van der Waals surface area (Å²) in [6.07, 6.45) is 1.77. The molecule has 2 unspecified atom stereocenters. The molecular weight excluding hydrogens is 927 g/mol. The quantitative estimate of drug-likeness (QED) is 0.105. The molecule has 0 aromatic heterocycles. The second kappa shape index (κ2) is 21.0. The van der Waals surface area contributed by atoms with Crippen molar-refractivity contribution in [2.75, 3.05) is 4.90 Å². The monoisotopic (exact) mass is 983 g/mol. The number of nitrogens with zero attached hydrogens (tertiary/aromatic N) is 1. The van der Waals surface area contributed by atoms with Gasteiger partial charge in [0.1, 0.15) is 0 Å². The molecule has 12 aromatic rings. The van der Waals surface area contributed by atoms with Crippen molar-refractivity contribution in [2.24, 2.45) is 0 Å². The van der Waals surface area contributed by atoms with Gasteiger partial charge in [0, 0.05) is 16.9 Å². The number of hydrogen-bond donors (Lipinski definition) is 0. The molecule has 366 valence electrons. The molecule has 0 aliphatic heterocycles. The van der Waals surface area contributed by atoms with Gasteiger partial charge in [-0.3, -0.25) is 0 Å². The van der Waals surface area contributed by atoms with Crippen LogP contribution in [0.4, 0.5) is 17.1 Å². The van der Waals surface area contributed by atoms with Gasteiger partial charge in [-0.15, -0.1) is 0 Å². The first-order valence-electron chi connectivity index (χ1n) is 27.0. The fraction of sp³-hybridized carbons (Fsp3) is 0.0526. The van der Waals surface area contributed by atoms with Crippen molar-refractivity contribution in [2.45, 2.75) is 24.2 Å². The Morgan fingerprint density at radius 1 is 0.299 bits per heavy atom. The lowest BCUT2D eigenvalue weighted by molar-refractivity contribution is 0.675. The van der Waals surface area contributed by atoms with Gasteiger partial charge >= 0.3 is 0 Å². The van der Waals surface area contributed by atoms with E-state index in [0.29, 0.717) is 0 Å². The van der Waals surface area contributed by atoms with Gasteiger partial charge in [-0.2, -0.15) is 0 Å². The Bertz CT molecular complexity index is 3840. The minimum absolute atomic E-state index is 0.172. The fourth-order valence-electron chi connectivity index (χ4n) is 12.2. The first kappa shape index (κ1) is 47.2. The van der Waals surface area contributed by atoms with E-state index in [0.717, 1.165) is 29.9 Å². The molecule has 2 atom stereocenters. The molecule has 0 bridgehead atoms. The Hall–Kier alpha value is -9.56. The molecule has 0 radical (unpaired) electrons. The lowest BCUT2D eigenvalue weighted by atomic mass is 9.67. The zero-order chi connectivity index (χ0) is 51.4. The molecule has 12 aromatic carbocycles. The molecular formula is C76H57N. The average Bonchev–Trinajstić information content (AvgIpc) is 3.94. The maximum atomic E-state index is 2.56. The zero-order valence-corrected chi connectivity index (χ0v) is 43.0. The lowest BCUT2D eigenvalue weighted by Crippen LogP contribution is -2.29. The SMILES string of the molecule is c1ccc(-c2ccc(CC(Cc3ccccc3-c3ccccc3)c3cccc(C4(c5ccccc5)c5ccccc5-c5c(N(c6ccc(-c7ccccc7)cc6)c6ccc(-c7ccccc7)cc6)cccc54)c3)cc2)cc1. The number of hydrogen-bond acceptors (Lipinski definition) is 1. The summed E-state index contributed by atoms with van der Waals surface area (Å²) in [7, 11) is 0. The van der Waals surface area contributed by atoms with Crippen molar-refractivity contribution < 1.29 is 0 Å². The molecule has 13 rings (SSSR count). The van der Waals surface area contributed by atoms with Crippen LogP contribution in [0.25, 0.3) is 55.6 Å². The minimum Gasteiger partial charge on any atom is -0.310 e. The summed E-state index contributed by atoms with van der Waals surface area (Å²) < 4.78 is 0. The van der Waals surface area contributed by atoms with Crippen LogP contribution >= 0.6 is 0 Å². The third-order valence-electron chi connectivity index (χ3n) is 15.9. The van der Waals surface area contributed by atoms with Crippen LogP contribution in [0.1, 0.15) is 44.9 Å². The highest BCUT2D eigenvalue weighted by Crippen LogP contribution is 2.60. The summed E-state index contributed by atoms with van der Waals surface area (Å²) in [6.45, 7) is 0. The van der Waals surface area contributed by atoms with E-state index in [1.54, 1.807) is 0 Å². The molecule has 1 aliphatic carbocycles. The molecule has 0 spiro atoms. The first-order chi connectivity index (χ1) is 38.2. The second-order valence-corrected chi connectivity index (χ2v) is 20.3. The molecule has 0 heterocycles. The van der Waals surface area contributed by atoms with Crippen LogP contribution in [0.2, 0.25) is 0 Å². The minimum atomic E-state index is -0.636. The highest BCUT2D eigenvalue weighted by atomic mass is 15.1. The van der Waals surface area contributed by atoms with Gasteiger partial charge in [0.2, 0.25) is 0 Å². The van der Waals surface area contributed by atoms with Gasteiger partial charge in [-0.25, -0.2) is 0 Å². The van der Waals surface area contributed by atoms with E-state index >= 15 is 0 Å². The second-order valence-electron chi connectivity index (χ2n) is 20.3. The summed E-state index contributed by atoms with van der Waals surface area (Å²) in [5.74, 6) is 0.172. The van der Waals surface area contributed by atoms with Crippen LogP contribution < -0.4 is 4.90 Å². The normalized spacial score (nSPS) is 13.8. The first-order valence-corrected chi connectivity index (χ1v) is 27.0.